The van der Waals surface area contributed by atoms with E-state index in [9.17, 15) is 0 Å². The monoisotopic (exact) mass is 467 g/mol. The van der Waals surface area contributed by atoms with Crippen LogP contribution < -0.4 is 9.64 Å². The van der Waals surface area contributed by atoms with Crippen molar-refractivity contribution in [3.05, 3.63) is 46.0 Å². The number of anilines is 2. The molecular formula is C21H26INOS. The van der Waals surface area contributed by atoms with Crippen molar-refractivity contribution in [2.24, 2.45) is 11.3 Å². The zero-order valence-corrected chi connectivity index (χ0v) is 18.4. The van der Waals surface area contributed by atoms with Crippen LogP contribution in [0.5, 0.6) is 5.75 Å². The van der Waals surface area contributed by atoms with Gasteiger partial charge in [0.2, 0.25) is 0 Å². The van der Waals surface area contributed by atoms with Gasteiger partial charge < -0.3 is 9.64 Å². The highest BCUT2D eigenvalue weighted by Gasteiger charge is 2.38. The van der Waals surface area contributed by atoms with E-state index in [-0.39, 0.29) is 5.41 Å². The maximum Gasteiger partial charge on any atom is 0.133 e. The van der Waals surface area contributed by atoms with Crippen LogP contribution in [0.25, 0.3) is 0 Å². The van der Waals surface area contributed by atoms with Gasteiger partial charge in [0, 0.05) is 22.9 Å². The van der Waals surface area contributed by atoms with Gasteiger partial charge in [0.1, 0.15) is 5.75 Å². The number of methoxy groups -OCH3 is 1. The van der Waals surface area contributed by atoms with Gasteiger partial charge in [0.15, 0.2) is 0 Å². The highest BCUT2D eigenvalue weighted by atomic mass is 127. The van der Waals surface area contributed by atoms with Crippen LogP contribution in [0.1, 0.15) is 27.2 Å². The standard InChI is InChI=1S/C21H26INOS/c1-5-21(15(2)3)13-23(16-9-7-6-8-10-16)18-11-17(22)19(24-4)12-20(18)25-14-21/h6-12,15H,5,13-14H2,1-4H3. The number of nitrogens with zero attached hydrogens (tertiary/aromatic N) is 1. The van der Waals surface area contributed by atoms with E-state index in [1.165, 1.54) is 22.7 Å². The molecule has 134 valence electrons. The minimum Gasteiger partial charge on any atom is -0.496 e. The number of rotatable bonds is 4. The van der Waals surface area contributed by atoms with Crippen molar-refractivity contribution in [1.82, 2.24) is 0 Å². The Bertz CT molecular complexity index is 734. The second-order valence-electron chi connectivity index (χ2n) is 7.04. The van der Waals surface area contributed by atoms with E-state index in [2.05, 4.69) is 90.7 Å². The fourth-order valence-corrected chi connectivity index (χ4v) is 5.73. The van der Waals surface area contributed by atoms with Gasteiger partial charge in [0.05, 0.1) is 16.4 Å². The molecule has 0 radical (unpaired) electrons. The van der Waals surface area contributed by atoms with Gasteiger partial charge in [-0.25, -0.2) is 0 Å². The van der Waals surface area contributed by atoms with E-state index in [1.807, 2.05) is 11.8 Å². The van der Waals surface area contributed by atoms with Crippen molar-refractivity contribution in [2.45, 2.75) is 32.1 Å². The Morgan fingerprint density at radius 2 is 1.96 bits per heavy atom. The minimum atomic E-state index is 0.290. The first-order valence-corrected chi connectivity index (χ1v) is 10.9. The fourth-order valence-electron chi connectivity index (χ4n) is 3.48. The van der Waals surface area contributed by atoms with E-state index in [0.29, 0.717) is 5.92 Å². The van der Waals surface area contributed by atoms with Crippen molar-refractivity contribution < 1.29 is 4.74 Å². The lowest BCUT2D eigenvalue weighted by atomic mass is 9.76. The zero-order chi connectivity index (χ0) is 18.0. The first-order valence-electron chi connectivity index (χ1n) is 8.83. The van der Waals surface area contributed by atoms with Crippen LogP contribution in [0, 0.1) is 14.9 Å². The summed E-state index contributed by atoms with van der Waals surface area (Å²) in [6.07, 6.45) is 1.18. The van der Waals surface area contributed by atoms with Crippen molar-refractivity contribution in [3.63, 3.8) is 0 Å². The lowest BCUT2D eigenvalue weighted by Gasteiger charge is -2.39. The number of hydrogen-bond acceptors (Lipinski definition) is 3. The predicted molar refractivity (Wildman–Crippen MR) is 117 cm³/mol. The maximum atomic E-state index is 5.58. The third kappa shape index (κ3) is 3.65. The SMILES string of the molecule is CCC1(C(C)C)CSc2cc(OC)c(I)cc2N(c2ccccc2)C1. The molecule has 0 saturated heterocycles. The highest BCUT2D eigenvalue weighted by molar-refractivity contribution is 14.1. The quantitative estimate of drug-likeness (QED) is 0.471. The summed E-state index contributed by atoms with van der Waals surface area (Å²) in [5.41, 5.74) is 2.86. The molecule has 1 aliphatic heterocycles. The molecule has 1 heterocycles. The van der Waals surface area contributed by atoms with E-state index in [4.69, 9.17) is 4.74 Å². The van der Waals surface area contributed by atoms with Crippen LogP contribution in [-0.2, 0) is 0 Å². The molecule has 0 aliphatic carbocycles. The van der Waals surface area contributed by atoms with Gasteiger partial charge in [0.25, 0.3) is 0 Å². The summed E-state index contributed by atoms with van der Waals surface area (Å²) in [4.78, 5) is 3.83. The number of benzene rings is 2. The molecule has 1 aliphatic rings. The predicted octanol–water partition coefficient (Wildman–Crippen LogP) is 6.60. The topological polar surface area (TPSA) is 12.5 Å². The van der Waals surface area contributed by atoms with E-state index < -0.39 is 0 Å². The van der Waals surface area contributed by atoms with Gasteiger partial charge in [-0.2, -0.15) is 0 Å². The Labute approximate surface area is 169 Å². The molecule has 0 amide bonds. The van der Waals surface area contributed by atoms with Crippen LogP contribution >= 0.6 is 34.4 Å². The Hall–Kier alpha value is -0.880. The molecule has 0 bridgehead atoms. The first kappa shape index (κ1) is 18.9. The van der Waals surface area contributed by atoms with Crippen molar-refractivity contribution >= 4 is 45.7 Å². The summed E-state index contributed by atoms with van der Waals surface area (Å²) in [7, 11) is 1.75. The summed E-state index contributed by atoms with van der Waals surface area (Å²) in [5.74, 6) is 2.74. The smallest absolute Gasteiger partial charge is 0.133 e. The van der Waals surface area contributed by atoms with E-state index in [1.54, 1.807) is 7.11 Å². The van der Waals surface area contributed by atoms with Gasteiger partial charge in [-0.15, -0.1) is 11.8 Å². The van der Waals surface area contributed by atoms with Gasteiger partial charge in [-0.3, -0.25) is 0 Å². The van der Waals surface area contributed by atoms with Crippen molar-refractivity contribution in [3.8, 4) is 5.75 Å². The molecule has 0 saturated carbocycles. The molecule has 0 fully saturated rings. The zero-order valence-electron chi connectivity index (χ0n) is 15.4. The van der Waals surface area contributed by atoms with Crippen molar-refractivity contribution in [1.29, 1.82) is 0 Å². The van der Waals surface area contributed by atoms with Gasteiger partial charge >= 0.3 is 0 Å². The Morgan fingerprint density at radius 3 is 2.56 bits per heavy atom. The average Bonchev–Trinajstić information content (AvgIpc) is 2.79. The third-order valence-corrected chi connectivity index (χ3v) is 7.71. The average molecular weight is 467 g/mol. The lowest BCUT2D eigenvalue weighted by Crippen LogP contribution is -2.40. The van der Waals surface area contributed by atoms with E-state index >= 15 is 0 Å². The van der Waals surface area contributed by atoms with Crippen LogP contribution in [0.3, 0.4) is 0 Å². The Balaban J connectivity index is 2.16. The number of fused-ring (bicyclic) bond motifs is 1. The highest BCUT2D eigenvalue weighted by Crippen LogP contribution is 2.49. The molecule has 1 atom stereocenters. The number of para-hydroxylation sites is 1. The molecular weight excluding hydrogens is 441 g/mol. The van der Waals surface area contributed by atoms with Crippen LogP contribution in [0.4, 0.5) is 11.4 Å². The summed E-state index contributed by atoms with van der Waals surface area (Å²) in [6, 6.07) is 15.3. The van der Waals surface area contributed by atoms with Crippen LogP contribution in [0.15, 0.2) is 47.4 Å². The largest absolute Gasteiger partial charge is 0.496 e. The second kappa shape index (κ2) is 7.78. The second-order valence-corrected chi connectivity index (χ2v) is 9.21. The molecule has 4 heteroatoms. The maximum absolute atomic E-state index is 5.58. The molecule has 25 heavy (non-hydrogen) atoms. The third-order valence-electron chi connectivity index (χ3n) is 5.51. The van der Waals surface area contributed by atoms with Crippen LogP contribution in [0.2, 0.25) is 0 Å². The fraction of sp³-hybridized carbons (Fsp3) is 0.429. The number of halogens is 1. The summed E-state index contributed by atoms with van der Waals surface area (Å²) < 4.78 is 6.74. The molecule has 2 nitrogen and oxygen atoms in total. The summed E-state index contributed by atoms with van der Waals surface area (Å²) in [6.45, 7) is 8.12. The summed E-state index contributed by atoms with van der Waals surface area (Å²) >= 11 is 4.36. The first-order chi connectivity index (χ1) is 12.0. The minimum absolute atomic E-state index is 0.290. The normalized spacial score (nSPS) is 20.3. The molecule has 0 aromatic heterocycles. The Kier molecular flexibility index (Phi) is 5.88. The molecule has 0 N–H and O–H groups in total. The molecule has 0 spiro atoms. The van der Waals surface area contributed by atoms with E-state index in [0.717, 1.165) is 21.6 Å². The van der Waals surface area contributed by atoms with Gasteiger partial charge in [-0.05, 0) is 64.6 Å². The number of thioether (sulfide) groups is 1. The molecule has 2 aromatic carbocycles. The lowest BCUT2D eigenvalue weighted by molar-refractivity contribution is 0.227. The molecule has 1 unspecified atom stereocenters. The number of ether oxygens (including phenoxy) is 1. The Morgan fingerprint density at radius 1 is 1.24 bits per heavy atom. The number of hydrogen-bond donors (Lipinski definition) is 0. The summed E-state index contributed by atoms with van der Waals surface area (Å²) in [5, 5.41) is 0. The van der Waals surface area contributed by atoms with Crippen LogP contribution in [-0.4, -0.2) is 19.4 Å². The molecule has 3 rings (SSSR count). The van der Waals surface area contributed by atoms with Gasteiger partial charge in [-0.1, -0.05) is 39.0 Å². The van der Waals surface area contributed by atoms with Crippen molar-refractivity contribution in [2.75, 3.05) is 24.3 Å². The molecule has 2 aromatic rings.